The van der Waals surface area contributed by atoms with Crippen LogP contribution >= 0.6 is 11.3 Å². The zero-order valence-electron chi connectivity index (χ0n) is 16.7. The molecule has 0 aliphatic heterocycles. The highest BCUT2D eigenvalue weighted by Crippen LogP contribution is 2.29. The highest BCUT2D eigenvalue weighted by molar-refractivity contribution is 7.08. The molecule has 0 bridgehead atoms. The zero-order valence-corrected chi connectivity index (χ0v) is 17.6. The third-order valence-electron chi connectivity index (χ3n) is 4.52. The number of nitrogens with zero attached hydrogens (tertiary/aromatic N) is 6. The second-order valence-corrected chi connectivity index (χ2v) is 7.95. The van der Waals surface area contributed by atoms with Crippen molar-refractivity contribution in [3.63, 3.8) is 0 Å². The summed E-state index contributed by atoms with van der Waals surface area (Å²) in [5.74, 6) is 0.453. The normalized spacial score (nSPS) is 11.7. The van der Waals surface area contributed by atoms with Gasteiger partial charge in [0, 0.05) is 12.0 Å². The molecule has 152 valence electrons. The number of aryl methyl sites for hydroxylation is 1. The number of H-pyrrole nitrogens is 1. The Bertz CT molecular complexity index is 1210. The van der Waals surface area contributed by atoms with Gasteiger partial charge in [-0.25, -0.2) is 4.68 Å². The van der Waals surface area contributed by atoms with Gasteiger partial charge in [0.15, 0.2) is 0 Å². The van der Waals surface area contributed by atoms with Gasteiger partial charge in [-0.1, -0.05) is 66.8 Å². The molecule has 0 saturated carbocycles. The molecule has 0 fully saturated rings. The lowest BCUT2D eigenvalue weighted by Crippen LogP contribution is -2.19. The van der Waals surface area contributed by atoms with E-state index >= 15 is 0 Å². The molecule has 0 saturated heterocycles. The average molecular weight is 420 g/mol. The van der Waals surface area contributed by atoms with Gasteiger partial charge in [0.2, 0.25) is 16.5 Å². The topological polar surface area (TPSA) is 102 Å². The first-order chi connectivity index (χ1) is 14.6. The molecule has 2 heterocycles. The summed E-state index contributed by atoms with van der Waals surface area (Å²) in [5, 5.41) is 19.7. The lowest BCUT2D eigenvalue weighted by molar-refractivity contribution is -0.118. The van der Waals surface area contributed by atoms with Crippen LogP contribution in [-0.4, -0.2) is 36.3 Å². The lowest BCUT2D eigenvalue weighted by atomic mass is 9.98. The molecule has 1 amide bonds. The Labute approximate surface area is 177 Å². The van der Waals surface area contributed by atoms with Gasteiger partial charge in [-0.2, -0.15) is 15.3 Å². The number of tetrazole rings is 1. The summed E-state index contributed by atoms with van der Waals surface area (Å²) in [4.78, 5) is 16.8. The molecule has 0 unspecified atom stereocenters. The predicted molar refractivity (Wildman–Crippen MR) is 114 cm³/mol. The fourth-order valence-corrected chi connectivity index (χ4v) is 3.91. The van der Waals surface area contributed by atoms with Crippen LogP contribution in [0, 0.1) is 6.92 Å². The van der Waals surface area contributed by atoms with Crippen molar-refractivity contribution in [1.82, 2.24) is 30.4 Å². The van der Waals surface area contributed by atoms with Crippen molar-refractivity contribution in [3.05, 3.63) is 63.9 Å². The van der Waals surface area contributed by atoms with Crippen LogP contribution in [0.3, 0.4) is 0 Å². The van der Waals surface area contributed by atoms with Crippen molar-refractivity contribution in [2.24, 2.45) is 4.99 Å². The summed E-state index contributed by atoms with van der Waals surface area (Å²) in [5.41, 5.74) is 4.08. The van der Waals surface area contributed by atoms with E-state index in [0.29, 0.717) is 23.6 Å². The molecule has 9 heteroatoms. The first-order valence-electron chi connectivity index (χ1n) is 9.68. The highest BCUT2D eigenvalue weighted by atomic mass is 32.1. The molecule has 0 atom stereocenters. The lowest BCUT2D eigenvalue weighted by Gasteiger charge is -2.08. The minimum absolute atomic E-state index is 0.108. The van der Waals surface area contributed by atoms with Crippen LogP contribution in [0.25, 0.3) is 22.5 Å². The van der Waals surface area contributed by atoms with Crippen LogP contribution < -0.4 is 4.80 Å². The Balaban J connectivity index is 1.60. The Morgan fingerprint density at radius 1 is 1.13 bits per heavy atom. The number of carbonyl (C=O) groups is 1. The quantitative estimate of drug-likeness (QED) is 0.516. The van der Waals surface area contributed by atoms with Crippen LogP contribution in [0.15, 0.2) is 53.5 Å². The van der Waals surface area contributed by atoms with E-state index in [9.17, 15) is 4.79 Å². The summed E-state index contributed by atoms with van der Waals surface area (Å²) in [6, 6.07) is 16.2. The van der Waals surface area contributed by atoms with Gasteiger partial charge in [-0.15, -0.1) is 10.2 Å². The zero-order chi connectivity index (χ0) is 20.9. The van der Waals surface area contributed by atoms with E-state index in [4.69, 9.17) is 0 Å². The maximum absolute atomic E-state index is 11.9. The van der Waals surface area contributed by atoms with Gasteiger partial charge in [0.05, 0.1) is 6.54 Å². The summed E-state index contributed by atoms with van der Waals surface area (Å²) in [6.07, 6.45) is 1.23. The number of aromatic amines is 1. The number of hydrogen-bond donors (Lipinski definition) is 1. The molecule has 0 aliphatic rings. The van der Waals surface area contributed by atoms with Crippen molar-refractivity contribution in [2.75, 3.05) is 0 Å². The monoisotopic (exact) mass is 419 g/mol. The number of nitrogens with one attached hydrogen (secondary N) is 1. The van der Waals surface area contributed by atoms with E-state index < -0.39 is 0 Å². The number of hydrogen-bond acceptors (Lipinski definition) is 6. The van der Waals surface area contributed by atoms with E-state index in [0.717, 1.165) is 33.7 Å². The second-order valence-electron chi connectivity index (χ2n) is 6.79. The fourth-order valence-electron chi connectivity index (χ4n) is 3.15. The minimum Gasteiger partial charge on any atom is -0.273 e. The van der Waals surface area contributed by atoms with Crippen molar-refractivity contribution < 1.29 is 4.79 Å². The van der Waals surface area contributed by atoms with Crippen LogP contribution in [0.2, 0.25) is 0 Å². The van der Waals surface area contributed by atoms with E-state index in [2.05, 4.69) is 55.0 Å². The molecule has 8 nitrogen and oxygen atoms in total. The number of carbonyl (C=O) groups excluding carboxylic acids is 1. The third kappa shape index (κ3) is 4.41. The first-order valence-corrected chi connectivity index (χ1v) is 10.5. The number of amides is 1. The molecular weight excluding hydrogens is 398 g/mol. The maximum Gasteiger partial charge on any atom is 0.248 e. The van der Waals surface area contributed by atoms with Gasteiger partial charge in [-0.05, 0) is 35.2 Å². The van der Waals surface area contributed by atoms with Crippen LogP contribution in [0.4, 0.5) is 0 Å². The van der Waals surface area contributed by atoms with E-state index in [1.54, 1.807) is 4.68 Å². The summed E-state index contributed by atoms with van der Waals surface area (Å²) in [7, 11) is 0. The fraction of sp³-hybridized carbons (Fsp3) is 0.238. The van der Waals surface area contributed by atoms with Gasteiger partial charge in [0.1, 0.15) is 5.01 Å². The summed E-state index contributed by atoms with van der Waals surface area (Å²) < 4.78 is 1.79. The average Bonchev–Trinajstić information content (AvgIpc) is 3.39. The SMILES string of the molecule is CCCC(=O)N=c1sc(C)nn1Cc1ccc(-c2ccccc2-c2nn[nH]n2)cc1. The van der Waals surface area contributed by atoms with Crippen molar-refractivity contribution in [1.29, 1.82) is 0 Å². The molecular formula is C21H21N7OS. The van der Waals surface area contributed by atoms with Gasteiger partial charge in [0.25, 0.3) is 0 Å². The van der Waals surface area contributed by atoms with E-state index in [1.807, 2.05) is 38.1 Å². The number of aromatic nitrogens is 6. The Morgan fingerprint density at radius 2 is 1.90 bits per heavy atom. The molecule has 2 aromatic heterocycles. The molecule has 0 spiro atoms. The molecule has 0 aliphatic carbocycles. The number of benzene rings is 2. The maximum atomic E-state index is 11.9. The first kappa shape index (κ1) is 19.8. The molecule has 1 N–H and O–H groups in total. The largest absolute Gasteiger partial charge is 0.273 e. The van der Waals surface area contributed by atoms with Gasteiger partial charge < -0.3 is 0 Å². The smallest absolute Gasteiger partial charge is 0.248 e. The minimum atomic E-state index is -0.108. The van der Waals surface area contributed by atoms with Crippen LogP contribution in [0.1, 0.15) is 30.3 Å². The Kier molecular flexibility index (Phi) is 5.89. The highest BCUT2D eigenvalue weighted by Gasteiger charge is 2.11. The van der Waals surface area contributed by atoms with E-state index in [-0.39, 0.29) is 5.91 Å². The van der Waals surface area contributed by atoms with Crippen molar-refractivity contribution in [3.8, 4) is 22.5 Å². The third-order valence-corrected chi connectivity index (χ3v) is 5.38. The van der Waals surface area contributed by atoms with Crippen LogP contribution in [-0.2, 0) is 11.3 Å². The van der Waals surface area contributed by atoms with Crippen molar-refractivity contribution in [2.45, 2.75) is 33.2 Å². The molecule has 4 aromatic rings. The van der Waals surface area contributed by atoms with Crippen molar-refractivity contribution >= 4 is 17.2 Å². The molecule has 2 aromatic carbocycles. The van der Waals surface area contributed by atoms with Gasteiger partial charge >= 0.3 is 0 Å². The molecule has 0 radical (unpaired) electrons. The predicted octanol–water partition coefficient (Wildman–Crippen LogP) is 3.38. The molecule has 30 heavy (non-hydrogen) atoms. The summed E-state index contributed by atoms with van der Waals surface area (Å²) >= 11 is 1.43. The molecule has 4 rings (SSSR count). The Morgan fingerprint density at radius 3 is 2.60 bits per heavy atom. The van der Waals surface area contributed by atoms with Gasteiger partial charge in [-0.3, -0.25) is 4.79 Å². The number of rotatable bonds is 6. The Hall–Kier alpha value is -3.46. The standard InChI is InChI=1S/C21H21N7OS/c1-3-6-19(29)22-21-28(25-14(2)30-21)13-15-9-11-16(12-10-15)17-7-4-5-8-18(17)20-23-26-27-24-20/h4-5,7-12H,3,6,13H2,1-2H3,(H,23,24,26,27). The van der Waals surface area contributed by atoms with Crippen LogP contribution in [0.5, 0.6) is 0 Å². The van der Waals surface area contributed by atoms with E-state index in [1.165, 1.54) is 11.3 Å². The summed E-state index contributed by atoms with van der Waals surface area (Å²) in [6.45, 7) is 4.44. The second kappa shape index (κ2) is 8.91.